The number of ketones is 1. The summed E-state index contributed by atoms with van der Waals surface area (Å²) in [5.41, 5.74) is 1.59. The summed E-state index contributed by atoms with van der Waals surface area (Å²) >= 11 is 0. The fourth-order valence-electron chi connectivity index (χ4n) is 2.32. The van der Waals surface area contributed by atoms with Gasteiger partial charge in [-0.25, -0.2) is 4.79 Å². The monoisotopic (exact) mass is 350 g/mol. The zero-order valence-electron chi connectivity index (χ0n) is 14.3. The summed E-state index contributed by atoms with van der Waals surface area (Å²) < 4.78 is 10.4. The average molecular weight is 350 g/mol. The molecule has 0 fully saturated rings. The second kappa shape index (κ2) is 10.8. The molecule has 0 saturated carbocycles. The van der Waals surface area contributed by atoms with Crippen molar-refractivity contribution in [3.8, 4) is 5.75 Å². The first kappa shape index (κ1) is 22.0. The topological polar surface area (TPSA) is 72.8 Å². The molecule has 0 aliphatic rings. The third-order valence-electron chi connectivity index (χ3n) is 3.83. The molecule has 0 bridgehead atoms. The van der Waals surface area contributed by atoms with Crippen LogP contribution in [0.5, 0.6) is 5.75 Å². The van der Waals surface area contributed by atoms with E-state index in [0.29, 0.717) is 17.9 Å². The summed E-state index contributed by atoms with van der Waals surface area (Å²) in [4.78, 5) is 23.4. The van der Waals surface area contributed by atoms with Crippen molar-refractivity contribution in [1.82, 2.24) is 0 Å². The predicted molar refractivity (Wildman–Crippen MR) is 100 cm³/mol. The molecule has 2 unspecified atom stereocenters. The molecule has 2 aromatic carbocycles. The van der Waals surface area contributed by atoms with Crippen molar-refractivity contribution in [3.05, 3.63) is 65.7 Å². The van der Waals surface area contributed by atoms with Gasteiger partial charge in [-0.2, -0.15) is 0 Å². The van der Waals surface area contributed by atoms with Crippen LogP contribution in [0.15, 0.2) is 54.6 Å². The molecule has 26 heavy (non-hydrogen) atoms. The SMILES string of the molecule is CCOC(=O)C(=O)C(C)C(O)c1ccc(OCc2ccccc2)cc1.[LiH]. The van der Waals surface area contributed by atoms with Crippen molar-refractivity contribution in [2.45, 2.75) is 26.6 Å². The molecule has 2 aromatic rings. The third-order valence-corrected chi connectivity index (χ3v) is 3.83. The fraction of sp³-hybridized carbons (Fsp3) is 0.300. The Morgan fingerprint density at radius 3 is 2.23 bits per heavy atom. The Hall–Kier alpha value is -2.06. The number of carbonyl (C=O) groups excluding carboxylic acids is 2. The van der Waals surface area contributed by atoms with Crippen molar-refractivity contribution >= 4 is 30.6 Å². The number of benzene rings is 2. The molecular formula is C20H23LiO5. The molecule has 1 N–H and O–H groups in total. The number of aliphatic hydroxyl groups is 1. The second-order valence-electron chi connectivity index (χ2n) is 5.66. The summed E-state index contributed by atoms with van der Waals surface area (Å²) in [6.07, 6.45) is -1.08. The van der Waals surface area contributed by atoms with Crippen molar-refractivity contribution in [1.29, 1.82) is 0 Å². The summed E-state index contributed by atoms with van der Waals surface area (Å²) in [6, 6.07) is 16.6. The number of Topliss-reactive ketones (excluding diaryl/α,β-unsaturated/α-hetero) is 1. The quantitative estimate of drug-likeness (QED) is 0.450. The van der Waals surface area contributed by atoms with Gasteiger partial charge in [0, 0.05) is 0 Å². The van der Waals surface area contributed by atoms with Gasteiger partial charge in [0.05, 0.1) is 18.6 Å². The van der Waals surface area contributed by atoms with E-state index in [0.717, 1.165) is 5.56 Å². The number of hydrogen-bond acceptors (Lipinski definition) is 5. The van der Waals surface area contributed by atoms with Gasteiger partial charge < -0.3 is 14.6 Å². The molecule has 5 nitrogen and oxygen atoms in total. The van der Waals surface area contributed by atoms with Crippen LogP contribution in [0, 0.1) is 5.92 Å². The normalized spacial score (nSPS) is 12.4. The van der Waals surface area contributed by atoms with E-state index < -0.39 is 23.8 Å². The van der Waals surface area contributed by atoms with Gasteiger partial charge in [-0.3, -0.25) is 4.79 Å². The van der Waals surface area contributed by atoms with Gasteiger partial charge in [0.25, 0.3) is 0 Å². The third kappa shape index (κ3) is 6.03. The van der Waals surface area contributed by atoms with Crippen molar-refractivity contribution in [3.63, 3.8) is 0 Å². The molecule has 2 rings (SSSR count). The van der Waals surface area contributed by atoms with Crippen LogP contribution in [0.4, 0.5) is 0 Å². The molecule has 0 saturated heterocycles. The van der Waals surface area contributed by atoms with Crippen LogP contribution in [-0.4, -0.2) is 42.3 Å². The molecule has 0 heterocycles. The number of carbonyl (C=O) groups is 2. The van der Waals surface area contributed by atoms with E-state index in [1.165, 1.54) is 6.92 Å². The molecule has 0 aliphatic heterocycles. The Kier molecular flexibility index (Phi) is 9.15. The summed E-state index contributed by atoms with van der Waals surface area (Å²) in [7, 11) is 0. The Morgan fingerprint density at radius 1 is 1.04 bits per heavy atom. The number of hydrogen-bond donors (Lipinski definition) is 1. The molecular weight excluding hydrogens is 327 g/mol. The van der Waals surface area contributed by atoms with E-state index >= 15 is 0 Å². The first-order valence-corrected chi connectivity index (χ1v) is 8.18. The number of rotatable bonds is 8. The molecule has 0 amide bonds. The van der Waals surface area contributed by atoms with Crippen LogP contribution in [0.25, 0.3) is 0 Å². The van der Waals surface area contributed by atoms with E-state index in [9.17, 15) is 14.7 Å². The second-order valence-corrected chi connectivity index (χ2v) is 5.66. The average Bonchev–Trinajstić information content (AvgIpc) is 2.66. The van der Waals surface area contributed by atoms with Crippen molar-refractivity contribution in [2.24, 2.45) is 5.92 Å². The van der Waals surface area contributed by atoms with Crippen molar-refractivity contribution < 1.29 is 24.2 Å². The number of aliphatic hydroxyl groups excluding tert-OH is 1. The van der Waals surface area contributed by atoms with Gasteiger partial charge in [-0.15, -0.1) is 0 Å². The van der Waals surface area contributed by atoms with Gasteiger partial charge in [-0.1, -0.05) is 49.4 Å². The van der Waals surface area contributed by atoms with Crippen LogP contribution >= 0.6 is 0 Å². The maximum atomic E-state index is 11.9. The van der Waals surface area contributed by atoms with Gasteiger partial charge in [0.1, 0.15) is 12.4 Å². The molecule has 2 atom stereocenters. The molecule has 134 valence electrons. The van der Waals surface area contributed by atoms with E-state index in [1.807, 2.05) is 30.3 Å². The molecule has 0 spiro atoms. The zero-order valence-corrected chi connectivity index (χ0v) is 14.3. The Balaban J connectivity index is 0.00000338. The van der Waals surface area contributed by atoms with E-state index in [4.69, 9.17) is 4.74 Å². The molecule has 0 aromatic heterocycles. The number of esters is 1. The van der Waals surface area contributed by atoms with Crippen LogP contribution in [0.1, 0.15) is 31.1 Å². The number of ether oxygens (including phenoxy) is 2. The summed E-state index contributed by atoms with van der Waals surface area (Å²) in [5.74, 6) is -1.88. The standard InChI is InChI=1S/C20H22O5.Li.H/c1-3-24-20(23)19(22)14(2)18(21)16-9-11-17(12-10-16)25-13-15-7-5-4-6-8-15;;/h4-12,14,18,21H,3,13H2,1-2H3;;. The van der Waals surface area contributed by atoms with E-state index in [2.05, 4.69) is 4.74 Å². The summed E-state index contributed by atoms with van der Waals surface area (Å²) in [6.45, 7) is 3.70. The first-order valence-electron chi connectivity index (χ1n) is 8.18. The fourth-order valence-corrected chi connectivity index (χ4v) is 2.32. The van der Waals surface area contributed by atoms with Crippen LogP contribution in [0.2, 0.25) is 0 Å². The summed E-state index contributed by atoms with van der Waals surface area (Å²) in [5, 5.41) is 10.3. The van der Waals surface area contributed by atoms with E-state index in [1.54, 1.807) is 31.2 Å². The van der Waals surface area contributed by atoms with Crippen LogP contribution in [0.3, 0.4) is 0 Å². The molecule has 6 heteroatoms. The minimum atomic E-state index is -1.08. The molecule has 0 aliphatic carbocycles. The van der Waals surface area contributed by atoms with Crippen LogP contribution < -0.4 is 4.74 Å². The van der Waals surface area contributed by atoms with Crippen molar-refractivity contribution in [2.75, 3.05) is 6.61 Å². The van der Waals surface area contributed by atoms with Gasteiger partial charge in [-0.05, 0) is 30.2 Å². The molecule has 0 radical (unpaired) electrons. The zero-order chi connectivity index (χ0) is 18.2. The van der Waals surface area contributed by atoms with Gasteiger partial charge in [0.2, 0.25) is 5.78 Å². The Bertz CT molecular complexity index is 700. The Labute approximate surface area is 165 Å². The minimum absolute atomic E-state index is 0. The van der Waals surface area contributed by atoms with Gasteiger partial charge in [0.15, 0.2) is 0 Å². The van der Waals surface area contributed by atoms with E-state index in [-0.39, 0.29) is 25.5 Å². The first-order chi connectivity index (χ1) is 12.0. The van der Waals surface area contributed by atoms with Gasteiger partial charge >= 0.3 is 24.8 Å². The predicted octanol–water partition coefficient (Wildman–Crippen LogP) is 2.42. The maximum absolute atomic E-state index is 11.9. The Morgan fingerprint density at radius 2 is 1.65 bits per heavy atom. The van der Waals surface area contributed by atoms with Crippen LogP contribution in [-0.2, 0) is 20.9 Å².